The number of esters is 2. The number of unbranched alkanes of at least 4 members (excludes halogenated alkanes) is 6. The number of rotatable bonds is 18. The molecule has 10 rings (SSSR count). The standard InChI is InChI=1S/C45H68O4S4/c46-40(8-12-52-27-20-30-31(21-27)35-23-33(30)42-24-14-36(44(35)42)38(51)16-24)48-10-6-4-2-1-3-5-7-11-49-41(47)9-13-53-39-17-25-15-37(39)45-34-22-32(43(25)45)28-18-26(50)19-29(28)34/h24-39,42-45,50-51H,1-23H2. The average Bonchev–Trinajstić information content (AvgIpc) is 3.97. The molecule has 10 aliphatic rings. The Morgan fingerprint density at radius 2 is 0.962 bits per heavy atom. The van der Waals surface area contributed by atoms with Crippen molar-refractivity contribution in [1.82, 2.24) is 0 Å². The molecule has 53 heavy (non-hydrogen) atoms. The molecule has 8 bridgehead atoms. The molecule has 8 heteroatoms. The SMILES string of the molecule is O=C(CCSC1CC2C(C1)C1CC2C2C3CC(S)C(C3)C12)OCCCCCCCCCOC(=O)CCSC1CC2CC1C1C3CC(C4CC(S)CC43)C21. The minimum atomic E-state index is 0.00322. The number of carbonyl (C=O) groups is 2. The van der Waals surface area contributed by atoms with Crippen LogP contribution in [-0.2, 0) is 19.1 Å². The van der Waals surface area contributed by atoms with Gasteiger partial charge in [0, 0.05) is 32.5 Å². The summed E-state index contributed by atoms with van der Waals surface area (Å²) in [6.45, 7) is 1.16. The van der Waals surface area contributed by atoms with E-state index in [0.29, 0.717) is 36.6 Å². The normalized spacial score (nSPS) is 49.8. The highest BCUT2D eigenvalue weighted by Gasteiger charge is 2.69. The van der Waals surface area contributed by atoms with Crippen molar-refractivity contribution in [2.45, 2.75) is 143 Å². The summed E-state index contributed by atoms with van der Waals surface area (Å²) in [5.74, 6) is 17.9. The zero-order valence-corrected chi connectivity index (χ0v) is 35.6. The summed E-state index contributed by atoms with van der Waals surface area (Å²) >= 11 is 14.1. The van der Waals surface area contributed by atoms with Gasteiger partial charge in [-0.25, -0.2) is 0 Å². The molecule has 0 spiro atoms. The van der Waals surface area contributed by atoms with E-state index in [9.17, 15) is 9.59 Å². The number of fused-ring (bicyclic) bond motifs is 24. The van der Waals surface area contributed by atoms with Gasteiger partial charge in [-0.3, -0.25) is 9.59 Å². The first-order chi connectivity index (χ1) is 25.9. The number of thiol groups is 2. The van der Waals surface area contributed by atoms with E-state index >= 15 is 0 Å². The molecule has 10 aliphatic carbocycles. The summed E-state index contributed by atoms with van der Waals surface area (Å²) < 4.78 is 11.2. The quantitative estimate of drug-likeness (QED) is 0.0623. The molecule has 0 aliphatic heterocycles. The zero-order valence-electron chi connectivity index (χ0n) is 32.2. The van der Waals surface area contributed by atoms with E-state index < -0.39 is 0 Å². The van der Waals surface area contributed by atoms with Crippen LogP contribution < -0.4 is 0 Å². The maximum atomic E-state index is 12.5. The third-order valence-corrected chi connectivity index (χ3v) is 22.0. The lowest BCUT2D eigenvalue weighted by molar-refractivity contribution is -0.144. The Bertz CT molecular complexity index is 1350. The molecule has 0 aromatic rings. The van der Waals surface area contributed by atoms with Gasteiger partial charge < -0.3 is 9.47 Å². The largest absolute Gasteiger partial charge is 0.466 e. The van der Waals surface area contributed by atoms with Crippen LogP contribution in [0.15, 0.2) is 0 Å². The first-order valence-electron chi connectivity index (χ1n) is 22.8. The second-order valence-electron chi connectivity index (χ2n) is 20.4. The van der Waals surface area contributed by atoms with Crippen molar-refractivity contribution in [2.24, 2.45) is 94.7 Å². The van der Waals surface area contributed by atoms with Crippen LogP contribution in [0.4, 0.5) is 0 Å². The third kappa shape index (κ3) is 6.93. The Labute approximate surface area is 340 Å². The molecule has 0 radical (unpaired) electrons. The Hall–Kier alpha value is 0.340. The Balaban J connectivity index is 0.516. The molecule has 10 fully saturated rings. The Kier molecular flexibility index (Phi) is 11.2. The molecule has 20 atom stereocenters. The monoisotopic (exact) mass is 800 g/mol. The summed E-state index contributed by atoms with van der Waals surface area (Å²) in [6, 6.07) is 0. The van der Waals surface area contributed by atoms with Crippen molar-refractivity contribution >= 4 is 60.7 Å². The van der Waals surface area contributed by atoms with Crippen LogP contribution in [0.3, 0.4) is 0 Å². The molecule has 0 saturated heterocycles. The van der Waals surface area contributed by atoms with E-state index in [1.54, 1.807) is 12.8 Å². The number of hydrogen-bond acceptors (Lipinski definition) is 8. The van der Waals surface area contributed by atoms with E-state index in [1.807, 2.05) is 0 Å². The molecule has 0 heterocycles. The molecule has 0 N–H and O–H groups in total. The molecular weight excluding hydrogens is 733 g/mol. The van der Waals surface area contributed by atoms with Gasteiger partial charge in [0.25, 0.3) is 0 Å². The van der Waals surface area contributed by atoms with E-state index in [1.165, 1.54) is 70.6 Å². The highest BCUT2D eigenvalue weighted by atomic mass is 32.2. The minimum Gasteiger partial charge on any atom is -0.466 e. The molecule has 4 nitrogen and oxygen atoms in total. The van der Waals surface area contributed by atoms with Crippen LogP contribution in [0.25, 0.3) is 0 Å². The van der Waals surface area contributed by atoms with Crippen molar-refractivity contribution in [2.75, 3.05) is 24.7 Å². The first kappa shape index (κ1) is 37.6. The molecule has 20 unspecified atom stereocenters. The van der Waals surface area contributed by atoms with Crippen LogP contribution in [0.2, 0.25) is 0 Å². The second-order valence-corrected chi connectivity index (χ2v) is 24.5. The fourth-order valence-electron chi connectivity index (χ4n) is 17.0. The maximum Gasteiger partial charge on any atom is 0.306 e. The van der Waals surface area contributed by atoms with Crippen LogP contribution in [0.5, 0.6) is 0 Å². The molecule has 296 valence electrons. The van der Waals surface area contributed by atoms with Crippen molar-refractivity contribution in [3.63, 3.8) is 0 Å². The minimum absolute atomic E-state index is 0.00322. The average molecular weight is 801 g/mol. The molecule has 0 amide bonds. The lowest BCUT2D eigenvalue weighted by Crippen LogP contribution is -2.39. The van der Waals surface area contributed by atoms with Gasteiger partial charge in [-0.1, -0.05) is 32.1 Å². The highest BCUT2D eigenvalue weighted by Crippen LogP contribution is 2.75. The summed E-state index contributed by atoms with van der Waals surface area (Å²) in [7, 11) is 0. The Morgan fingerprint density at radius 3 is 1.58 bits per heavy atom. The lowest BCUT2D eigenvalue weighted by atomic mass is 9.64. The van der Waals surface area contributed by atoms with Crippen molar-refractivity contribution in [3.05, 3.63) is 0 Å². The van der Waals surface area contributed by atoms with E-state index in [2.05, 4.69) is 23.5 Å². The third-order valence-electron chi connectivity index (χ3n) is 18.3. The van der Waals surface area contributed by atoms with E-state index in [4.69, 9.17) is 34.7 Å². The number of hydrogen-bond donors (Lipinski definition) is 2. The number of carbonyl (C=O) groups excluding carboxylic acids is 2. The Morgan fingerprint density at radius 1 is 0.472 bits per heavy atom. The van der Waals surface area contributed by atoms with Crippen molar-refractivity contribution in [1.29, 1.82) is 0 Å². The highest BCUT2D eigenvalue weighted by molar-refractivity contribution is 8.00. The summed E-state index contributed by atoms with van der Waals surface area (Å²) in [4.78, 5) is 24.9. The van der Waals surface area contributed by atoms with Crippen LogP contribution >= 0.6 is 48.8 Å². The van der Waals surface area contributed by atoms with Gasteiger partial charge in [0.15, 0.2) is 0 Å². The maximum absolute atomic E-state index is 12.5. The molecule has 10 saturated carbocycles. The van der Waals surface area contributed by atoms with Crippen LogP contribution in [0, 0.1) is 94.7 Å². The van der Waals surface area contributed by atoms with E-state index in [-0.39, 0.29) is 11.9 Å². The smallest absolute Gasteiger partial charge is 0.306 e. The van der Waals surface area contributed by atoms with Gasteiger partial charge >= 0.3 is 11.9 Å². The van der Waals surface area contributed by atoms with Gasteiger partial charge in [-0.15, -0.1) is 0 Å². The van der Waals surface area contributed by atoms with Gasteiger partial charge in [0.1, 0.15) is 0 Å². The van der Waals surface area contributed by atoms with Crippen molar-refractivity contribution < 1.29 is 19.1 Å². The van der Waals surface area contributed by atoms with E-state index in [0.717, 1.165) is 142 Å². The summed E-state index contributed by atoms with van der Waals surface area (Å²) in [6.07, 6.45) is 23.4. The molecular formula is C45H68O4S4. The summed E-state index contributed by atoms with van der Waals surface area (Å²) in [5, 5.41) is 2.93. The summed E-state index contributed by atoms with van der Waals surface area (Å²) in [5.41, 5.74) is 0. The number of ether oxygens (including phenoxy) is 2. The van der Waals surface area contributed by atoms with Gasteiger partial charge in [0.05, 0.1) is 26.1 Å². The number of thioether (sulfide) groups is 2. The van der Waals surface area contributed by atoms with Crippen LogP contribution in [-0.4, -0.2) is 57.7 Å². The lowest BCUT2D eigenvalue weighted by Gasteiger charge is -2.43. The predicted octanol–water partition coefficient (Wildman–Crippen LogP) is 10.3. The zero-order chi connectivity index (χ0) is 35.8. The predicted molar refractivity (Wildman–Crippen MR) is 224 cm³/mol. The van der Waals surface area contributed by atoms with Crippen LogP contribution in [0.1, 0.15) is 122 Å². The second kappa shape index (κ2) is 15.8. The van der Waals surface area contributed by atoms with Crippen molar-refractivity contribution in [3.8, 4) is 0 Å². The van der Waals surface area contributed by atoms with Gasteiger partial charge in [0.2, 0.25) is 0 Å². The van der Waals surface area contributed by atoms with Gasteiger partial charge in [-0.2, -0.15) is 48.8 Å². The molecule has 0 aromatic heterocycles. The topological polar surface area (TPSA) is 52.6 Å². The fourth-order valence-corrected chi connectivity index (χ4v) is 20.9. The molecule has 0 aromatic carbocycles. The first-order valence-corrected chi connectivity index (χ1v) is 26.0. The van der Waals surface area contributed by atoms with Gasteiger partial charge in [-0.05, 0) is 172 Å². The fraction of sp³-hybridized carbons (Fsp3) is 0.956.